The Balaban J connectivity index is 3.72. The second kappa shape index (κ2) is 12.1. The third kappa shape index (κ3) is 12.6. The molecule has 25 heavy (non-hydrogen) atoms. The molecule has 0 unspecified atom stereocenters. The standard InChI is InChI=1S/C17H31F5O2S/c1-2-3-4-5-6-7-8-9-10-11-14-25(23,24)15-12-13-16(18,19)17(20,21)22/h2-15H2,1H3. The Bertz CT molecular complexity index is 433. The number of sulfone groups is 1. The highest BCUT2D eigenvalue weighted by Crippen LogP contribution is 2.38. The molecule has 0 rings (SSSR count). The van der Waals surface area contributed by atoms with Crippen molar-refractivity contribution in [3.8, 4) is 0 Å². The van der Waals surface area contributed by atoms with Gasteiger partial charge in [0.15, 0.2) is 0 Å². The van der Waals surface area contributed by atoms with Crippen molar-refractivity contribution >= 4 is 9.84 Å². The van der Waals surface area contributed by atoms with E-state index in [2.05, 4.69) is 6.92 Å². The van der Waals surface area contributed by atoms with Crippen molar-refractivity contribution in [1.29, 1.82) is 0 Å². The zero-order valence-electron chi connectivity index (χ0n) is 15.0. The Morgan fingerprint density at radius 1 is 0.640 bits per heavy atom. The smallest absolute Gasteiger partial charge is 0.229 e. The molecule has 0 fully saturated rings. The Morgan fingerprint density at radius 3 is 1.48 bits per heavy atom. The third-order valence-corrected chi connectivity index (χ3v) is 5.99. The highest BCUT2D eigenvalue weighted by Gasteiger charge is 2.56. The highest BCUT2D eigenvalue weighted by molar-refractivity contribution is 7.91. The number of halogens is 5. The van der Waals surface area contributed by atoms with Crippen LogP contribution in [0.15, 0.2) is 0 Å². The molecule has 0 atom stereocenters. The molecule has 0 spiro atoms. The normalized spacial score (nSPS) is 13.4. The maximum Gasteiger partial charge on any atom is 0.453 e. The van der Waals surface area contributed by atoms with Crippen LogP contribution in [0.3, 0.4) is 0 Å². The molecule has 0 aromatic heterocycles. The van der Waals surface area contributed by atoms with E-state index in [1.807, 2.05) is 0 Å². The van der Waals surface area contributed by atoms with Gasteiger partial charge in [-0.3, -0.25) is 0 Å². The van der Waals surface area contributed by atoms with Gasteiger partial charge in [-0.15, -0.1) is 0 Å². The van der Waals surface area contributed by atoms with Gasteiger partial charge in [-0.2, -0.15) is 22.0 Å². The van der Waals surface area contributed by atoms with Crippen LogP contribution < -0.4 is 0 Å². The van der Waals surface area contributed by atoms with Crippen LogP contribution in [0.25, 0.3) is 0 Å². The average Bonchev–Trinajstić information content (AvgIpc) is 2.47. The predicted molar refractivity (Wildman–Crippen MR) is 90.7 cm³/mol. The quantitative estimate of drug-likeness (QED) is 0.241. The lowest BCUT2D eigenvalue weighted by Gasteiger charge is -2.19. The minimum atomic E-state index is -5.62. The van der Waals surface area contributed by atoms with Crippen LogP contribution in [-0.2, 0) is 9.84 Å². The number of unbranched alkanes of at least 4 members (excludes halogenated alkanes) is 9. The van der Waals surface area contributed by atoms with E-state index in [1.54, 1.807) is 0 Å². The fraction of sp³-hybridized carbons (Fsp3) is 1.00. The summed E-state index contributed by atoms with van der Waals surface area (Å²) in [7, 11) is -3.56. The van der Waals surface area contributed by atoms with Crippen molar-refractivity contribution in [3.63, 3.8) is 0 Å². The monoisotopic (exact) mass is 394 g/mol. The maximum atomic E-state index is 12.7. The van der Waals surface area contributed by atoms with Crippen molar-refractivity contribution in [2.75, 3.05) is 11.5 Å². The van der Waals surface area contributed by atoms with Crippen molar-refractivity contribution in [3.05, 3.63) is 0 Å². The van der Waals surface area contributed by atoms with E-state index >= 15 is 0 Å². The first-order chi connectivity index (χ1) is 11.5. The lowest BCUT2D eigenvalue weighted by atomic mass is 10.1. The first kappa shape index (κ1) is 24.6. The summed E-state index contributed by atoms with van der Waals surface area (Å²) >= 11 is 0. The summed E-state index contributed by atoms with van der Waals surface area (Å²) in [5.41, 5.74) is 0. The topological polar surface area (TPSA) is 34.1 Å². The van der Waals surface area contributed by atoms with Gasteiger partial charge in [-0.05, 0) is 12.8 Å². The van der Waals surface area contributed by atoms with E-state index in [9.17, 15) is 30.4 Å². The van der Waals surface area contributed by atoms with E-state index in [-0.39, 0.29) is 5.75 Å². The molecule has 0 aromatic carbocycles. The Morgan fingerprint density at radius 2 is 1.04 bits per heavy atom. The van der Waals surface area contributed by atoms with E-state index in [4.69, 9.17) is 0 Å². The van der Waals surface area contributed by atoms with E-state index in [0.29, 0.717) is 6.42 Å². The summed E-state index contributed by atoms with van der Waals surface area (Å²) in [6, 6.07) is 0. The number of alkyl halides is 5. The first-order valence-corrected chi connectivity index (χ1v) is 11.0. The fourth-order valence-corrected chi connectivity index (χ4v) is 4.00. The summed E-state index contributed by atoms with van der Waals surface area (Å²) < 4.78 is 84.7. The molecule has 0 aliphatic rings. The minimum Gasteiger partial charge on any atom is -0.229 e. The summed E-state index contributed by atoms with van der Waals surface area (Å²) in [4.78, 5) is 0. The molecule has 0 saturated heterocycles. The fourth-order valence-electron chi connectivity index (χ4n) is 2.57. The average molecular weight is 394 g/mol. The molecule has 0 N–H and O–H groups in total. The molecule has 0 heterocycles. The van der Waals surface area contributed by atoms with Gasteiger partial charge in [0.1, 0.15) is 9.84 Å². The summed E-state index contributed by atoms with van der Waals surface area (Å²) in [6.45, 7) is 2.16. The summed E-state index contributed by atoms with van der Waals surface area (Å²) in [5.74, 6) is -5.57. The second-order valence-electron chi connectivity index (χ2n) is 6.64. The lowest BCUT2D eigenvalue weighted by Crippen LogP contribution is -2.36. The maximum absolute atomic E-state index is 12.7. The van der Waals surface area contributed by atoms with E-state index < -0.39 is 40.5 Å². The molecular weight excluding hydrogens is 363 g/mol. The largest absolute Gasteiger partial charge is 0.453 e. The first-order valence-electron chi connectivity index (χ1n) is 9.17. The van der Waals surface area contributed by atoms with Gasteiger partial charge in [-0.1, -0.05) is 64.7 Å². The van der Waals surface area contributed by atoms with Crippen LogP contribution in [0, 0.1) is 0 Å². The second-order valence-corrected chi connectivity index (χ2v) is 8.94. The Kier molecular flexibility index (Phi) is 11.9. The van der Waals surface area contributed by atoms with Crippen LogP contribution in [0.1, 0.15) is 84.0 Å². The van der Waals surface area contributed by atoms with Crippen molar-refractivity contribution in [2.24, 2.45) is 0 Å². The van der Waals surface area contributed by atoms with Crippen molar-refractivity contribution in [1.82, 2.24) is 0 Å². The SMILES string of the molecule is CCCCCCCCCCCCS(=O)(=O)CCCC(F)(F)C(F)(F)F. The molecular formula is C17H31F5O2S. The molecule has 0 radical (unpaired) electrons. The number of rotatable bonds is 15. The predicted octanol–water partition coefficient (Wildman–Crippen LogP) is 6.30. The summed E-state index contributed by atoms with van der Waals surface area (Å²) in [5, 5.41) is 0. The Labute approximate surface area is 148 Å². The third-order valence-electron chi connectivity index (χ3n) is 4.17. The molecule has 0 aromatic rings. The van der Waals surface area contributed by atoms with Gasteiger partial charge in [0.05, 0.1) is 11.5 Å². The van der Waals surface area contributed by atoms with E-state index in [1.165, 1.54) is 32.1 Å². The van der Waals surface area contributed by atoms with Crippen LogP contribution in [0.4, 0.5) is 22.0 Å². The molecule has 0 bridgehead atoms. The van der Waals surface area contributed by atoms with Crippen LogP contribution in [0.5, 0.6) is 0 Å². The molecule has 0 aliphatic carbocycles. The summed E-state index contributed by atoms with van der Waals surface area (Å²) in [6.07, 6.45) is 2.64. The van der Waals surface area contributed by atoms with Gasteiger partial charge in [0.2, 0.25) is 0 Å². The number of hydrogen-bond acceptors (Lipinski definition) is 2. The molecule has 2 nitrogen and oxygen atoms in total. The lowest BCUT2D eigenvalue weighted by molar-refractivity contribution is -0.284. The van der Waals surface area contributed by atoms with E-state index in [0.717, 1.165) is 25.7 Å². The highest BCUT2D eigenvalue weighted by atomic mass is 32.2. The zero-order chi connectivity index (χ0) is 19.4. The van der Waals surface area contributed by atoms with Crippen molar-refractivity contribution < 1.29 is 30.4 Å². The molecule has 8 heteroatoms. The van der Waals surface area contributed by atoms with Gasteiger partial charge in [0.25, 0.3) is 0 Å². The number of hydrogen-bond donors (Lipinski definition) is 0. The van der Waals surface area contributed by atoms with Crippen LogP contribution in [-0.4, -0.2) is 32.0 Å². The van der Waals surface area contributed by atoms with Gasteiger partial charge < -0.3 is 0 Å². The van der Waals surface area contributed by atoms with Gasteiger partial charge in [0, 0.05) is 6.42 Å². The minimum absolute atomic E-state index is 0.138. The molecule has 0 amide bonds. The Hall–Kier alpha value is -0.400. The van der Waals surface area contributed by atoms with Crippen molar-refractivity contribution in [2.45, 2.75) is 96.1 Å². The van der Waals surface area contributed by atoms with Gasteiger partial charge >= 0.3 is 12.1 Å². The van der Waals surface area contributed by atoms with Crippen LogP contribution >= 0.6 is 0 Å². The molecule has 0 aliphatic heterocycles. The molecule has 152 valence electrons. The van der Waals surface area contributed by atoms with Crippen LogP contribution in [0.2, 0.25) is 0 Å². The van der Waals surface area contributed by atoms with Gasteiger partial charge in [-0.25, -0.2) is 8.42 Å². The molecule has 0 saturated carbocycles. The zero-order valence-corrected chi connectivity index (χ0v) is 15.8.